The van der Waals surface area contributed by atoms with Crippen LogP contribution in [0.1, 0.15) is 58.6 Å². The molecule has 1 aromatic rings. The maximum Gasteiger partial charge on any atom is 0.298 e. The number of rotatable bonds is 11. The molecule has 0 atom stereocenters. The molecular formula is C24H42N6O2. The number of anilines is 1. The zero-order chi connectivity index (χ0) is 22.9. The summed E-state index contributed by atoms with van der Waals surface area (Å²) in [5.74, 6) is 2.30. The number of imidazole rings is 1. The van der Waals surface area contributed by atoms with Crippen molar-refractivity contribution in [3.8, 4) is 6.01 Å². The Balaban J connectivity index is 1.62. The Morgan fingerprint density at radius 1 is 1.12 bits per heavy atom. The summed E-state index contributed by atoms with van der Waals surface area (Å²) < 4.78 is 13.6. The molecule has 2 aliphatic heterocycles. The summed E-state index contributed by atoms with van der Waals surface area (Å²) in [6.07, 6.45) is 6.60. The van der Waals surface area contributed by atoms with Gasteiger partial charge in [-0.25, -0.2) is 0 Å². The van der Waals surface area contributed by atoms with Crippen molar-refractivity contribution in [2.24, 2.45) is 5.92 Å². The third kappa shape index (κ3) is 6.72. The summed E-state index contributed by atoms with van der Waals surface area (Å²) >= 11 is 0. The highest BCUT2D eigenvalue weighted by atomic mass is 16.5. The van der Waals surface area contributed by atoms with Gasteiger partial charge in [0, 0.05) is 39.3 Å². The first-order valence-electron chi connectivity index (χ1n) is 12.3. The number of allylic oxidation sites excluding steroid dienone is 1. The molecule has 0 aromatic carbocycles. The molecule has 180 valence electrons. The summed E-state index contributed by atoms with van der Waals surface area (Å²) in [4.78, 5) is 9.76. The van der Waals surface area contributed by atoms with E-state index in [0.717, 1.165) is 82.6 Å². The molecule has 0 saturated carbocycles. The normalized spacial score (nSPS) is 18.0. The highest BCUT2D eigenvalue weighted by Crippen LogP contribution is 2.28. The molecule has 0 amide bonds. The third-order valence-corrected chi connectivity index (χ3v) is 6.07. The van der Waals surface area contributed by atoms with Gasteiger partial charge in [-0.3, -0.25) is 4.57 Å². The molecular weight excluding hydrogens is 404 g/mol. The van der Waals surface area contributed by atoms with Gasteiger partial charge >= 0.3 is 0 Å². The molecule has 2 aliphatic rings. The van der Waals surface area contributed by atoms with Gasteiger partial charge < -0.3 is 30.0 Å². The van der Waals surface area contributed by atoms with Crippen molar-refractivity contribution in [3.63, 3.8) is 0 Å². The van der Waals surface area contributed by atoms with E-state index >= 15 is 0 Å². The van der Waals surface area contributed by atoms with Gasteiger partial charge in [-0.05, 0) is 44.2 Å². The highest BCUT2D eigenvalue weighted by molar-refractivity contribution is 6.01. The van der Waals surface area contributed by atoms with E-state index in [4.69, 9.17) is 14.9 Å². The van der Waals surface area contributed by atoms with Crippen molar-refractivity contribution >= 4 is 11.5 Å². The van der Waals surface area contributed by atoms with Crippen LogP contribution >= 0.6 is 0 Å². The van der Waals surface area contributed by atoms with Gasteiger partial charge in [-0.15, -0.1) is 0 Å². The number of methoxy groups -OCH3 is 1. The van der Waals surface area contributed by atoms with Crippen molar-refractivity contribution in [2.75, 3.05) is 58.3 Å². The monoisotopic (exact) mass is 446 g/mol. The number of nitrogens with one attached hydrogen (secondary N) is 2. The fourth-order valence-corrected chi connectivity index (χ4v) is 4.35. The molecule has 32 heavy (non-hydrogen) atoms. The predicted octanol–water partition coefficient (Wildman–Crippen LogP) is 3.79. The number of hydrogen-bond donors (Lipinski definition) is 2. The van der Waals surface area contributed by atoms with Crippen LogP contribution in [0.25, 0.3) is 0 Å². The first-order valence-corrected chi connectivity index (χ1v) is 12.3. The molecule has 0 radical (unpaired) electrons. The lowest BCUT2D eigenvalue weighted by Crippen LogP contribution is -2.47. The molecule has 0 bridgehead atoms. The number of nitrogens with zero attached hydrogens (tertiary/aromatic N) is 4. The fraction of sp³-hybridized carbons (Fsp3) is 0.750. The summed E-state index contributed by atoms with van der Waals surface area (Å²) in [7, 11) is 1.65. The van der Waals surface area contributed by atoms with E-state index in [1.807, 2.05) is 6.08 Å². The molecule has 0 unspecified atom stereocenters. The minimum atomic E-state index is 0.537. The average molecular weight is 447 g/mol. The molecule has 0 spiro atoms. The molecule has 1 saturated heterocycles. The second kappa shape index (κ2) is 12.3. The van der Waals surface area contributed by atoms with Gasteiger partial charge in [0.05, 0.1) is 19.4 Å². The van der Waals surface area contributed by atoms with Crippen molar-refractivity contribution in [3.05, 3.63) is 17.7 Å². The minimum Gasteiger partial charge on any atom is -0.479 e. The van der Waals surface area contributed by atoms with E-state index in [1.165, 1.54) is 6.54 Å². The summed E-state index contributed by atoms with van der Waals surface area (Å²) in [5.41, 5.74) is 1.21. The van der Waals surface area contributed by atoms with Crippen molar-refractivity contribution in [1.82, 2.24) is 19.4 Å². The van der Waals surface area contributed by atoms with Gasteiger partial charge in [-0.1, -0.05) is 27.2 Å². The molecule has 3 rings (SSSR count). The number of hydrogen-bond acceptors (Lipinski definition) is 7. The Kier molecular flexibility index (Phi) is 9.41. The van der Waals surface area contributed by atoms with E-state index in [2.05, 4.69) is 45.4 Å². The number of unbranched alkanes of at least 4 members (excludes halogenated alkanes) is 1. The molecule has 8 nitrogen and oxygen atoms in total. The van der Waals surface area contributed by atoms with Crippen LogP contribution in [0, 0.1) is 11.3 Å². The maximum absolute atomic E-state index is 8.48. The maximum atomic E-state index is 8.48. The van der Waals surface area contributed by atoms with Crippen LogP contribution in [0.15, 0.2) is 12.0 Å². The summed E-state index contributed by atoms with van der Waals surface area (Å²) in [6, 6.07) is 0.559. The van der Waals surface area contributed by atoms with Crippen LogP contribution in [0.3, 0.4) is 0 Å². The smallest absolute Gasteiger partial charge is 0.298 e. The number of ether oxygens (including phenoxy) is 2. The van der Waals surface area contributed by atoms with Crippen LogP contribution < -0.4 is 10.1 Å². The van der Waals surface area contributed by atoms with Crippen LogP contribution in [-0.4, -0.2) is 78.0 Å². The molecule has 8 heteroatoms. The zero-order valence-electron chi connectivity index (χ0n) is 20.5. The van der Waals surface area contributed by atoms with Crippen molar-refractivity contribution < 1.29 is 9.47 Å². The average Bonchev–Trinajstić information content (AvgIpc) is 3.10. The van der Waals surface area contributed by atoms with Crippen molar-refractivity contribution in [2.45, 2.75) is 59.4 Å². The molecule has 2 N–H and O–H groups in total. The van der Waals surface area contributed by atoms with Gasteiger partial charge in [0.15, 0.2) is 5.88 Å². The van der Waals surface area contributed by atoms with Crippen LogP contribution in [0.2, 0.25) is 0 Å². The van der Waals surface area contributed by atoms with Crippen LogP contribution in [-0.2, 0) is 11.3 Å². The predicted molar refractivity (Wildman–Crippen MR) is 130 cm³/mol. The standard InChI is InChI=1S/C24H42N6O2/c1-5-6-17-32-21-10-7-9-20(25)22-23(26-21)30(24(27-22)31-4)12-8-11-28-13-15-29(16-14-28)18-19(2)3/h10,19,25-26H,5-9,11-18H2,1-4H3. The van der Waals surface area contributed by atoms with Gasteiger partial charge in [-0.2, -0.15) is 4.98 Å². The van der Waals surface area contributed by atoms with Gasteiger partial charge in [0.1, 0.15) is 11.5 Å². The second-order valence-corrected chi connectivity index (χ2v) is 9.25. The highest BCUT2D eigenvalue weighted by Gasteiger charge is 2.24. The Bertz CT molecular complexity index is 765. The van der Waals surface area contributed by atoms with E-state index in [1.54, 1.807) is 7.11 Å². The largest absolute Gasteiger partial charge is 0.479 e. The Labute approximate surface area is 193 Å². The number of aromatic nitrogens is 2. The lowest BCUT2D eigenvalue weighted by atomic mass is 10.1. The van der Waals surface area contributed by atoms with E-state index in [0.29, 0.717) is 30.4 Å². The van der Waals surface area contributed by atoms with Crippen molar-refractivity contribution in [1.29, 1.82) is 5.41 Å². The number of fused-ring (bicyclic) bond motifs is 1. The topological polar surface area (TPSA) is 78.6 Å². The first kappa shape index (κ1) is 24.6. The quantitative estimate of drug-likeness (QED) is 0.504. The van der Waals surface area contributed by atoms with E-state index in [9.17, 15) is 0 Å². The molecule has 1 fully saturated rings. The lowest BCUT2D eigenvalue weighted by Gasteiger charge is -2.35. The van der Waals surface area contributed by atoms with E-state index < -0.39 is 0 Å². The minimum absolute atomic E-state index is 0.537. The Morgan fingerprint density at radius 2 is 1.88 bits per heavy atom. The first-order chi connectivity index (χ1) is 15.5. The second-order valence-electron chi connectivity index (χ2n) is 9.25. The molecule has 3 heterocycles. The van der Waals surface area contributed by atoms with E-state index in [-0.39, 0.29) is 0 Å². The number of piperazine rings is 1. The summed E-state index contributed by atoms with van der Waals surface area (Å²) in [6.45, 7) is 15.0. The Morgan fingerprint density at radius 3 is 2.56 bits per heavy atom. The van der Waals surface area contributed by atoms with Gasteiger partial charge in [0.2, 0.25) is 0 Å². The van der Waals surface area contributed by atoms with Gasteiger partial charge in [0.25, 0.3) is 6.01 Å². The third-order valence-electron chi connectivity index (χ3n) is 6.07. The fourth-order valence-electron chi connectivity index (χ4n) is 4.35. The zero-order valence-corrected chi connectivity index (χ0v) is 20.5. The molecule has 1 aromatic heterocycles. The van der Waals surface area contributed by atoms with Crippen LogP contribution in [0.4, 0.5) is 5.82 Å². The summed E-state index contributed by atoms with van der Waals surface area (Å²) in [5, 5.41) is 11.9. The van der Waals surface area contributed by atoms with Crippen LogP contribution in [0.5, 0.6) is 6.01 Å². The Hall–Kier alpha value is -2.06. The SMILES string of the molecule is CCCCOC1=CCCC(=N)c2nc(OC)n(CCCN3CCN(CC(C)C)CC3)c2N1. The molecule has 0 aliphatic carbocycles. The lowest BCUT2D eigenvalue weighted by molar-refractivity contribution is 0.120.